The standard InChI is InChI=1S/C11H21N3O4/c1-7-4-14(5-8(2)13(7)3)11(18)12-9(6-15)10(16)17/h7-9,15H,4-6H2,1-3H3,(H,12,18)(H,16,17)/t7?,8?,9-/m1/s1. The van der Waals surface area contributed by atoms with Crippen LogP contribution < -0.4 is 5.32 Å². The highest BCUT2D eigenvalue weighted by atomic mass is 16.4. The molecule has 0 saturated carbocycles. The van der Waals surface area contributed by atoms with Crippen LogP contribution in [0.15, 0.2) is 0 Å². The van der Waals surface area contributed by atoms with Crippen molar-refractivity contribution in [1.29, 1.82) is 0 Å². The third kappa shape index (κ3) is 3.33. The molecule has 18 heavy (non-hydrogen) atoms. The predicted molar refractivity (Wildman–Crippen MR) is 65.3 cm³/mol. The lowest BCUT2D eigenvalue weighted by atomic mass is 10.1. The molecule has 7 heteroatoms. The number of carboxylic acid groups (broad SMARTS) is 1. The number of likely N-dealkylation sites (N-methyl/N-ethyl adjacent to an activating group) is 1. The third-order valence-electron chi connectivity index (χ3n) is 3.43. The summed E-state index contributed by atoms with van der Waals surface area (Å²) in [6, 6.07) is -1.25. The number of urea groups is 1. The summed E-state index contributed by atoms with van der Waals surface area (Å²) in [6.07, 6.45) is 0. The van der Waals surface area contributed by atoms with Crippen molar-refractivity contribution in [2.45, 2.75) is 32.0 Å². The molecule has 104 valence electrons. The summed E-state index contributed by atoms with van der Waals surface area (Å²) in [5.74, 6) is -1.24. The third-order valence-corrected chi connectivity index (χ3v) is 3.43. The van der Waals surface area contributed by atoms with Crippen molar-refractivity contribution >= 4 is 12.0 Å². The zero-order chi connectivity index (χ0) is 13.9. The van der Waals surface area contributed by atoms with E-state index in [9.17, 15) is 9.59 Å². The van der Waals surface area contributed by atoms with Crippen LogP contribution in [-0.4, -0.2) is 76.9 Å². The molecule has 3 N–H and O–H groups in total. The maximum atomic E-state index is 11.9. The van der Waals surface area contributed by atoms with Crippen LogP contribution in [0.2, 0.25) is 0 Å². The smallest absolute Gasteiger partial charge is 0.328 e. The molecule has 1 fully saturated rings. The maximum Gasteiger partial charge on any atom is 0.328 e. The van der Waals surface area contributed by atoms with Gasteiger partial charge in [-0.3, -0.25) is 4.90 Å². The number of nitrogens with one attached hydrogen (secondary N) is 1. The Labute approximate surface area is 106 Å². The van der Waals surface area contributed by atoms with E-state index in [1.807, 2.05) is 20.9 Å². The van der Waals surface area contributed by atoms with Crippen molar-refractivity contribution in [1.82, 2.24) is 15.1 Å². The molecule has 0 aromatic carbocycles. The number of nitrogens with zero attached hydrogens (tertiary/aromatic N) is 2. The molecule has 0 aromatic rings. The monoisotopic (exact) mass is 259 g/mol. The van der Waals surface area contributed by atoms with Gasteiger partial charge < -0.3 is 20.4 Å². The number of hydrogen-bond donors (Lipinski definition) is 3. The molecule has 1 saturated heterocycles. The van der Waals surface area contributed by atoms with Gasteiger partial charge in [-0.05, 0) is 20.9 Å². The minimum absolute atomic E-state index is 0.219. The van der Waals surface area contributed by atoms with Gasteiger partial charge in [-0.2, -0.15) is 0 Å². The van der Waals surface area contributed by atoms with Crippen molar-refractivity contribution in [2.24, 2.45) is 0 Å². The molecular formula is C11H21N3O4. The highest BCUT2D eigenvalue weighted by molar-refractivity contribution is 5.82. The Morgan fingerprint density at radius 3 is 2.22 bits per heavy atom. The Bertz CT molecular complexity index is 311. The second kappa shape index (κ2) is 6.01. The average Bonchev–Trinajstić information content (AvgIpc) is 2.31. The maximum absolute atomic E-state index is 11.9. The summed E-state index contributed by atoms with van der Waals surface area (Å²) in [4.78, 5) is 26.4. The second-order valence-electron chi connectivity index (χ2n) is 4.79. The highest BCUT2D eigenvalue weighted by Gasteiger charge is 2.31. The Kier molecular flexibility index (Phi) is 4.92. The van der Waals surface area contributed by atoms with Crippen LogP contribution in [0.5, 0.6) is 0 Å². The van der Waals surface area contributed by atoms with E-state index in [1.165, 1.54) is 0 Å². The first-order valence-electron chi connectivity index (χ1n) is 5.97. The first-order valence-corrected chi connectivity index (χ1v) is 5.97. The lowest BCUT2D eigenvalue weighted by molar-refractivity contribution is -0.140. The van der Waals surface area contributed by atoms with Crippen molar-refractivity contribution < 1.29 is 19.8 Å². The van der Waals surface area contributed by atoms with E-state index < -0.39 is 24.6 Å². The van der Waals surface area contributed by atoms with Gasteiger partial charge >= 0.3 is 12.0 Å². The number of aliphatic hydroxyl groups excluding tert-OH is 1. The van der Waals surface area contributed by atoms with E-state index >= 15 is 0 Å². The van der Waals surface area contributed by atoms with E-state index in [0.29, 0.717) is 13.1 Å². The number of piperazine rings is 1. The van der Waals surface area contributed by atoms with E-state index in [2.05, 4.69) is 10.2 Å². The molecule has 1 heterocycles. The van der Waals surface area contributed by atoms with Crippen LogP contribution in [-0.2, 0) is 4.79 Å². The molecule has 1 rings (SSSR count). The molecule has 1 aliphatic heterocycles. The Morgan fingerprint density at radius 1 is 1.33 bits per heavy atom. The van der Waals surface area contributed by atoms with Crippen molar-refractivity contribution in [2.75, 3.05) is 26.7 Å². The Morgan fingerprint density at radius 2 is 1.83 bits per heavy atom. The summed E-state index contributed by atoms with van der Waals surface area (Å²) in [5, 5.41) is 19.9. The van der Waals surface area contributed by atoms with E-state index in [4.69, 9.17) is 10.2 Å². The van der Waals surface area contributed by atoms with Gasteiger partial charge in [0.2, 0.25) is 0 Å². The molecule has 7 nitrogen and oxygen atoms in total. The predicted octanol–water partition coefficient (Wildman–Crippen LogP) is -0.834. The zero-order valence-electron chi connectivity index (χ0n) is 11.0. The van der Waals surface area contributed by atoms with Gasteiger partial charge in [0.05, 0.1) is 6.61 Å². The minimum atomic E-state index is -1.25. The van der Waals surface area contributed by atoms with Crippen LogP contribution in [0.25, 0.3) is 0 Å². The number of hydrogen-bond acceptors (Lipinski definition) is 4. The van der Waals surface area contributed by atoms with Crippen LogP contribution in [0.1, 0.15) is 13.8 Å². The van der Waals surface area contributed by atoms with Crippen molar-refractivity contribution in [3.8, 4) is 0 Å². The lowest BCUT2D eigenvalue weighted by Gasteiger charge is -2.42. The number of carboxylic acids is 1. The van der Waals surface area contributed by atoms with E-state index in [-0.39, 0.29) is 12.1 Å². The molecular weight excluding hydrogens is 238 g/mol. The number of carbonyl (C=O) groups is 2. The average molecular weight is 259 g/mol. The molecule has 3 atom stereocenters. The number of rotatable bonds is 3. The summed E-state index contributed by atoms with van der Waals surface area (Å²) in [6.45, 7) is 4.50. The number of carbonyl (C=O) groups excluding carboxylic acids is 1. The summed E-state index contributed by atoms with van der Waals surface area (Å²) in [5.41, 5.74) is 0. The quantitative estimate of drug-likeness (QED) is 0.615. The fourth-order valence-electron chi connectivity index (χ4n) is 2.00. The second-order valence-corrected chi connectivity index (χ2v) is 4.79. The molecule has 0 aromatic heterocycles. The van der Waals surface area contributed by atoms with E-state index in [0.717, 1.165) is 0 Å². The first-order chi connectivity index (χ1) is 8.36. The molecule has 2 unspecified atom stereocenters. The minimum Gasteiger partial charge on any atom is -0.480 e. The number of amides is 2. The lowest BCUT2D eigenvalue weighted by Crippen LogP contribution is -2.60. The van der Waals surface area contributed by atoms with Gasteiger partial charge in [-0.1, -0.05) is 0 Å². The Balaban J connectivity index is 2.59. The zero-order valence-corrected chi connectivity index (χ0v) is 11.0. The van der Waals surface area contributed by atoms with Gasteiger partial charge in [-0.25, -0.2) is 9.59 Å². The summed E-state index contributed by atoms with van der Waals surface area (Å²) < 4.78 is 0. The SMILES string of the molecule is CC1CN(C(=O)N[C@H](CO)C(=O)O)CC(C)N1C. The van der Waals surface area contributed by atoms with Gasteiger partial charge in [0.15, 0.2) is 6.04 Å². The molecule has 2 amide bonds. The van der Waals surface area contributed by atoms with Crippen LogP contribution in [0, 0.1) is 0 Å². The molecule has 0 aliphatic carbocycles. The Hall–Kier alpha value is -1.34. The number of aliphatic hydroxyl groups is 1. The molecule has 0 radical (unpaired) electrons. The van der Waals surface area contributed by atoms with Crippen molar-refractivity contribution in [3.63, 3.8) is 0 Å². The molecule has 1 aliphatic rings. The van der Waals surface area contributed by atoms with Crippen molar-refractivity contribution in [3.05, 3.63) is 0 Å². The topological polar surface area (TPSA) is 93.1 Å². The first kappa shape index (κ1) is 14.7. The van der Waals surface area contributed by atoms with Gasteiger partial charge in [-0.15, -0.1) is 0 Å². The molecule has 0 spiro atoms. The van der Waals surface area contributed by atoms with Gasteiger partial charge in [0, 0.05) is 25.2 Å². The highest BCUT2D eigenvalue weighted by Crippen LogP contribution is 2.13. The van der Waals surface area contributed by atoms with E-state index in [1.54, 1.807) is 4.90 Å². The van der Waals surface area contributed by atoms with Crippen LogP contribution in [0.3, 0.4) is 0 Å². The molecule has 0 bridgehead atoms. The van der Waals surface area contributed by atoms with Crippen LogP contribution >= 0.6 is 0 Å². The summed E-state index contributed by atoms with van der Waals surface area (Å²) >= 11 is 0. The van der Waals surface area contributed by atoms with Gasteiger partial charge in [0.1, 0.15) is 0 Å². The fraction of sp³-hybridized carbons (Fsp3) is 0.818. The largest absolute Gasteiger partial charge is 0.480 e. The normalized spacial score (nSPS) is 26.8. The number of aliphatic carboxylic acids is 1. The van der Waals surface area contributed by atoms with Gasteiger partial charge in [0.25, 0.3) is 0 Å². The summed E-state index contributed by atoms with van der Waals surface area (Å²) in [7, 11) is 2.00. The van der Waals surface area contributed by atoms with Crippen LogP contribution in [0.4, 0.5) is 4.79 Å². The fourth-order valence-corrected chi connectivity index (χ4v) is 2.00.